The fourth-order valence-electron chi connectivity index (χ4n) is 12.6. The van der Waals surface area contributed by atoms with E-state index in [2.05, 4.69) is 219 Å². The van der Waals surface area contributed by atoms with Crippen LogP contribution in [0.1, 0.15) is 104 Å². The topological polar surface area (TPSA) is 21.3 Å². The molecule has 5 heteroatoms. The van der Waals surface area contributed by atoms with Gasteiger partial charge >= 0.3 is 6.85 Å². The number of furan rings is 1. The zero-order valence-corrected chi connectivity index (χ0v) is 41.8. The third-order valence-electron chi connectivity index (χ3n) is 16.2. The third kappa shape index (κ3) is 5.21. The van der Waals surface area contributed by atoms with Crippen molar-refractivity contribution in [3.05, 3.63) is 161 Å². The summed E-state index contributed by atoms with van der Waals surface area (Å²) < 4.78 is 12.7. The lowest BCUT2D eigenvalue weighted by Gasteiger charge is -2.42. The second kappa shape index (κ2) is 12.9. The van der Waals surface area contributed by atoms with E-state index in [1.807, 2.05) is 11.3 Å². The molecule has 2 aliphatic heterocycles. The lowest BCUT2D eigenvalue weighted by atomic mass is 9.43. The lowest BCUT2D eigenvalue weighted by Crippen LogP contribution is -2.60. The van der Waals surface area contributed by atoms with Crippen LogP contribution in [0.25, 0.3) is 91.9 Å². The molecule has 0 N–H and O–H groups in total. The highest BCUT2D eigenvalue weighted by molar-refractivity contribution is 7.25. The number of nitrogens with zero attached hydrogens (tertiary/aromatic N) is 2. The number of rotatable bonds is 1. The summed E-state index contributed by atoms with van der Waals surface area (Å²) in [5.74, 6) is 0. The van der Waals surface area contributed by atoms with Gasteiger partial charge in [-0.25, -0.2) is 0 Å². The molecule has 0 saturated carbocycles. The molecule has 14 rings (SSSR count). The average Bonchev–Trinajstić information content (AvgIpc) is 4.02. The molecule has 8 aromatic carbocycles. The van der Waals surface area contributed by atoms with E-state index in [1.165, 1.54) is 125 Å². The maximum absolute atomic E-state index is 7.38. The SMILES string of the molecule is CC(C)(C)c1ccc(N2B3c4cc5c(cc4-n4c6ccc(C(C)(C)C)cc6c6c7c(oc8ccccc87)c(c3c64)-c3cc4sc6cc(C(C)(C)C)ccc6c4cc32)-c2ccccc2C5(C)C)cc1. The molecule has 0 bridgehead atoms. The van der Waals surface area contributed by atoms with Crippen molar-refractivity contribution in [2.45, 2.75) is 97.8 Å². The maximum Gasteiger partial charge on any atom is 0.333 e. The molecule has 0 radical (unpaired) electrons. The number of hydrogen-bond acceptors (Lipinski definition) is 3. The van der Waals surface area contributed by atoms with E-state index in [-0.39, 0.29) is 28.5 Å². The lowest BCUT2D eigenvalue weighted by molar-refractivity contribution is 0.590. The molecule has 332 valence electrons. The van der Waals surface area contributed by atoms with E-state index < -0.39 is 0 Å². The summed E-state index contributed by atoms with van der Waals surface area (Å²) in [5.41, 5.74) is 22.5. The first kappa shape index (κ1) is 40.5. The summed E-state index contributed by atoms with van der Waals surface area (Å²) in [4.78, 5) is 2.71. The van der Waals surface area contributed by atoms with E-state index in [4.69, 9.17) is 4.42 Å². The smallest absolute Gasteiger partial charge is 0.333 e. The minimum atomic E-state index is -0.179. The highest BCUT2D eigenvalue weighted by atomic mass is 32.1. The Morgan fingerprint density at radius 3 is 1.97 bits per heavy atom. The van der Waals surface area contributed by atoms with E-state index >= 15 is 0 Å². The summed E-state index contributed by atoms with van der Waals surface area (Å²) in [7, 11) is 0. The number of thiophene rings is 1. The Hall–Kier alpha value is -6.56. The van der Waals surface area contributed by atoms with E-state index in [0.717, 1.165) is 16.6 Å². The number of fused-ring (bicyclic) bond motifs is 19. The van der Waals surface area contributed by atoms with Crippen molar-refractivity contribution in [3.63, 3.8) is 0 Å². The third-order valence-corrected chi connectivity index (χ3v) is 17.3. The second-order valence-corrected chi connectivity index (χ2v) is 24.8. The van der Waals surface area contributed by atoms with Gasteiger partial charge in [-0.1, -0.05) is 155 Å². The monoisotopic (exact) mass is 898 g/mol. The van der Waals surface area contributed by atoms with Crippen molar-refractivity contribution in [1.82, 2.24) is 4.57 Å². The minimum absolute atomic E-state index is 0.0170. The van der Waals surface area contributed by atoms with Gasteiger partial charge in [0.2, 0.25) is 0 Å². The Morgan fingerprint density at radius 1 is 0.529 bits per heavy atom. The molecule has 0 atom stereocenters. The van der Waals surface area contributed by atoms with Crippen LogP contribution in [0.5, 0.6) is 0 Å². The van der Waals surface area contributed by atoms with Gasteiger partial charge < -0.3 is 13.8 Å². The molecule has 3 nitrogen and oxygen atoms in total. The van der Waals surface area contributed by atoms with Gasteiger partial charge in [0.1, 0.15) is 11.2 Å². The fraction of sp³-hybridized carbons (Fsp3) is 0.238. The first-order valence-electron chi connectivity index (χ1n) is 24.5. The summed E-state index contributed by atoms with van der Waals surface area (Å²) >= 11 is 1.92. The highest BCUT2D eigenvalue weighted by Crippen LogP contribution is 2.55. The Bertz CT molecular complexity index is 4060. The molecular formula is C63H55BN2OS. The van der Waals surface area contributed by atoms with Crippen LogP contribution in [0.3, 0.4) is 0 Å². The molecule has 0 fully saturated rings. The number of para-hydroxylation sites is 1. The molecule has 3 aromatic heterocycles. The second-order valence-electron chi connectivity index (χ2n) is 23.8. The van der Waals surface area contributed by atoms with Gasteiger partial charge in [-0.3, -0.25) is 0 Å². The van der Waals surface area contributed by atoms with Crippen molar-refractivity contribution in [3.8, 4) is 27.9 Å². The Balaban J connectivity index is 1.21. The van der Waals surface area contributed by atoms with Crippen molar-refractivity contribution in [2.75, 3.05) is 4.81 Å². The largest absolute Gasteiger partial charge is 0.455 e. The van der Waals surface area contributed by atoms with Crippen molar-refractivity contribution >= 4 is 104 Å². The molecule has 3 aliphatic rings. The first-order valence-corrected chi connectivity index (χ1v) is 25.3. The van der Waals surface area contributed by atoms with Crippen LogP contribution in [-0.4, -0.2) is 11.4 Å². The van der Waals surface area contributed by atoms with Crippen LogP contribution in [0.15, 0.2) is 138 Å². The van der Waals surface area contributed by atoms with Crippen LogP contribution >= 0.6 is 11.3 Å². The van der Waals surface area contributed by atoms with Crippen LogP contribution in [-0.2, 0) is 21.7 Å². The van der Waals surface area contributed by atoms with Crippen molar-refractivity contribution < 1.29 is 4.42 Å². The molecule has 0 unspecified atom stereocenters. The summed E-state index contributed by atoms with van der Waals surface area (Å²) in [6, 6.07) is 52.1. The van der Waals surface area contributed by atoms with Crippen molar-refractivity contribution in [1.29, 1.82) is 0 Å². The Morgan fingerprint density at radius 2 is 1.21 bits per heavy atom. The zero-order valence-electron chi connectivity index (χ0n) is 41.0. The average molecular weight is 899 g/mol. The molecule has 0 saturated heterocycles. The molecule has 68 heavy (non-hydrogen) atoms. The standard InChI is InChI=1S/C63H55BN2OS/c1-60(2,3)34-20-24-37(25-21-34)66-49-31-42-39-26-22-36(62(7,8)9)29-52(39)68-53(42)32-44(49)56-57-58-54(55-40-17-13-15-19-51(40)67-59(55)56)43-28-35(61(4,5)6)23-27-48(43)65(58)50-30-41-38-16-12-14-18-45(38)63(10,11)46(41)33-47(50)64(57)66/h12-33H,1-11H3. The van der Waals surface area contributed by atoms with Gasteiger partial charge in [0.05, 0.1) is 11.0 Å². The van der Waals surface area contributed by atoms with Gasteiger partial charge in [-0.05, 0) is 121 Å². The van der Waals surface area contributed by atoms with E-state index in [1.54, 1.807) is 0 Å². The molecular weight excluding hydrogens is 844 g/mol. The highest BCUT2D eigenvalue weighted by Gasteiger charge is 2.48. The summed E-state index contributed by atoms with van der Waals surface area (Å²) in [6.07, 6.45) is 0. The fourth-order valence-corrected chi connectivity index (χ4v) is 13.7. The normalized spacial score (nSPS) is 15.0. The first-order chi connectivity index (χ1) is 32.4. The van der Waals surface area contributed by atoms with Crippen molar-refractivity contribution in [2.24, 2.45) is 0 Å². The number of hydrogen-bond donors (Lipinski definition) is 0. The van der Waals surface area contributed by atoms with Crippen LogP contribution in [0, 0.1) is 0 Å². The van der Waals surface area contributed by atoms with E-state index in [0.29, 0.717) is 0 Å². The van der Waals surface area contributed by atoms with Crippen LogP contribution in [0.4, 0.5) is 11.4 Å². The van der Waals surface area contributed by atoms with Crippen LogP contribution < -0.4 is 15.7 Å². The number of benzene rings is 8. The van der Waals surface area contributed by atoms with Gasteiger partial charge in [-0.2, -0.15) is 0 Å². The molecule has 0 spiro atoms. The van der Waals surface area contributed by atoms with Gasteiger partial charge in [0.25, 0.3) is 0 Å². The number of aromatic nitrogens is 1. The Kier molecular flexibility index (Phi) is 7.71. The van der Waals surface area contributed by atoms with Gasteiger partial charge in [0, 0.05) is 75.3 Å². The summed E-state index contributed by atoms with van der Waals surface area (Å²) in [5, 5.41) is 7.55. The predicted molar refractivity (Wildman–Crippen MR) is 294 cm³/mol. The quantitative estimate of drug-likeness (QED) is 0.153. The van der Waals surface area contributed by atoms with Crippen LogP contribution in [0.2, 0.25) is 0 Å². The maximum atomic E-state index is 7.38. The molecule has 1 aliphatic carbocycles. The number of anilines is 2. The molecule has 0 amide bonds. The van der Waals surface area contributed by atoms with Gasteiger partial charge in [0.15, 0.2) is 0 Å². The van der Waals surface area contributed by atoms with Gasteiger partial charge in [-0.15, -0.1) is 11.3 Å². The van der Waals surface area contributed by atoms with E-state index in [9.17, 15) is 0 Å². The minimum Gasteiger partial charge on any atom is -0.455 e. The molecule has 11 aromatic rings. The predicted octanol–water partition coefficient (Wildman–Crippen LogP) is 16.5. The molecule has 5 heterocycles. The zero-order chi connectivity index (χ0) is 46.7. The Labute approximate surface area is 403 Å². The summed E-state index contributed by atoms with van der Waals surface area (Å²) in [6.45, 7) is 25.6.